The summed E-state index contributed by atoms with van der Waals surface area (Å²) in [5, 5.41) is 8.65. The topological polar surface area (TPSA) is 62.3 Å². The Morgan fingerprint density at radius 2 is 2.05 bits per heavy atom. The van der Waals surface area contributed by atoms with E-state index >= 15 is 0 Å². The number of hydrogen-bond acceptors (Lipinski definition) is 5. The zero-order valence-electron chi connectivity index (χ0n) is 11.4. The quantitative estimate of drug-likeness (QED) is 0.789. The summed E-state index contributed by atoms with van der Waals surface area (Å²) in [6.45, 7) is 0.263. The summed E-state index contributed by atoms with van der Waals surface area (Å²) in [4.78, 5) is 0. The molecule has 0 amide bonds. The number of aromatic nitrogens is 2. The van der Waals surface area contributed by atoms with E-state index in [2.05, 4.69) is 10.5 Å². The number of fused-ring (bicyclic) bond motifs is 1. The van der Waals surface area contributed by atoms with Gasteiger partial charge in [0.05, 0.1) is 5.56 Å². The summed E-state index contributed by atoms with van der Waals surface area (Å²) in [5.41, 5.74) is 10.1. The minimum atomic E-state index is 0.263. The zero-order valence-corrected chi connectivity index (χ0v) is 12.2. The molecule has 106 valence electrons. The number of nitrogens with zero attached hydrogens (tertiary/aromatic N) is 2. The summed E-state index contributed by atoms with van der Waals surface area (Å²) in [6, 6.07) is 7.88. The molecule has 5 nitrogen and oxygen atoms in total. The van der Waals surface area contributed by atoms with E-state index in [-0.39, 0.29) is 6.79 Å². The molecule has 3 heterocycles. The Hall–Kier alpha value is -2.47. The lowest BCUT2D eigenvalue weighted by Crippen LogP contribution is -1.98. The van der Waals surface area contributed by atoms with Gasteiger partial charge in [0.15, 0.2) is 11.5 Å². The lowest BCUT2D eigenvalue weighted by molar-refractivity contribution is 0.174. The summed E-state index contributed by atoms with van der Waals surface area (Å²) in [6.07, 6.45) is 0. The normalized spacial score (nSPS) is 12.8. The summed E-state index contributed by atoms with van der Waals surface area (Å²) in [5.74, 6) is 2.14. The number of anilines is 1. The first-order valence-corrected chi connectivity index (χ1v) is 7.43. The van der Waals surface area contributed by atoms with Gasteiger partial charge in [0, 0.05) is 18.0 Å². The average Bonchev–Trinajstić information content (AvgIpc) is 3.20. The fourth-order valence-corrected chi connectivity index (χ4v) is 3.12. The smallest absolute Gasteiger partial charge is 0.231 e. The van der Waals surface area contributed by atoms with Crippen LogP contribution in [0.5, 0.6) is 11.5 Å². The predicted molar refractivity (Wildman–Crippen MR) is 82.5 cm³/mol. The highest BCUT2D eigenvalue weighted by Gasteiger charge is 2.20. The molecule has 0 saturated carbocycles. The van der Waals surface area contributed by atoms with Crippen molar-refractivity contribution in [2.75, 3.05) is 12.5 Å². The fourth-order valence-electron chi connectivity index (χ4n) is 2.47. The third-order valence-electron chi connectivity index (χ3n) is 3.55. The fraction of sp³-hybridized carbons (Fsp3) is 0.133. The second-order valence-electron chi connectivity index (χ2n) is 4.81. The number of aryl methyl sites for hydroxylation is 1. The van der Waals surface area contributed by atoms with E-state index in [9.17, 15) is 0 Å². The van der Waals surface area contributed by atoms with Crippen LogP contribution in [-0.2, 0) is 7.05 Å². The standard InChI is InChI=1S/C15H13N3O2S/c1-18-15(16)13(14(17-18)10-4-5-21-7-10)9-2-3-11-12(6-9)20-8-19-11/h2-7H,8,16H2,1H3. The van der Waals surface area contributed by atoms with Crippen LogP contribution in [-0.4, -0.2) is 16.6 Å². The zero-order chi connectivity index (χ0) is 14.4. The van der Waals surface area contributed by atoms with Gasteiger partial charge in [-0.3, -0.25) is 4.68 Å². The van der Waals surface area contributed by atoms with Crippen molar-refractivity contribution in [1.29, 1.82) is 0 Å². The summed E-state index contributed by atoms with van der Waals surface area (Å²) < 4.78 is 12.5. The molecule has 0 bridgehead atoms. The maximum Gasteiger partial charge on any atom is 0.231 e. The predicted octanol–water partition coefficient (Wildman–Crippen LogP) is 3.13. The third kappa shape index (κ3) is 1.87. The SMILES string of the molecule is Cn1nc(-c2ccsc2)c(-c2ccc3c(c2)OCO3)c1N. The molecular weight excluding hydrogens is 286 g/mol. The van der Waals surface area contributed by atoms with E-state index in [1.165, 1.54) is 0 Å². The van der Waals surface area contributed by atoms with E-state index in [4.69, 9.17) is 15.2 Å². The molecule has 1 aliphatic rings. The van der Waals surface area contributed by atoms with Crippen LogP contribution < -0.4 is 15.2 Å². The molecule has 2 N–H and O–H groups in total. The van der Waals surface area contributed by atoms with Crippen molar-refractivity contribution in [3.8, 4) is 33.9 Å². The van der Waals surface area contributed by atoms with Gasteiger partial charge in [-0.1, -0.05) is 6.07 Å². The third-order valence-corrected chi connectivity index (χ3v) is 4.23. The molecule has 21 heavy (non-hydrogen) atoms. The minimum absolute atomic E-state index is 0.263. The van der Waals surface area contributed by atoms with Crippen molar-refractivity contribution in [1.82, 2.24) is 9.78 Å². The molecule has 1 aromatic carbocycles. The molecule has 6 heteroatoms. The van der Waals surface area contributed by atoms with Gasteiger partial charge in [0.1, 0.15) is 11.5 Å². The van der Waals surface area contributed by atoms with Crippen LogP contribution in [0.4, 0.5) is 5.82 Å². The van der Waals surface area contributed by atoms with Crippen molar-refractivity contribution in [2.45, 2.75) is 0 Å². The highest BCUT2D eigenvalue weighted by molar-refractivity contribution is 7.08. The Morgan fingerprint density at radius 1 is 1.19 bits per heavy atom. The molecule has 0 spiro atoms. The molecular formula is C15H13N3O2S. The minimum Gasteiger partial charge on any atom is -0.454 e. The number of hydrogen-bond donors (Lipinski definition) is 1. The first kappa shape index (κ1) is 12.3. The first-order chi connectivity index (χ1) is 10.2. The Balaban J connectivity index is 1.92. The lowest BCUT2D eigenvalue weighted by atomic mass is 10.0. The van der Waals surface area contributed by atoms with Crippen LogP contribution in [0, 0.1) is 0 Å². The van der Waals surface area contributed by atoms with E-state index in [1.807, 2.05) is 36.7 Å². The van der Waals surface area contributed by atoms with Gasteiger partial charge in [0.25, 0.3) is 0 Å². The van der Waals surface area contributed by atoms with Crippen LogP contribution in [0.25, 0.3) is 22.4 Å². The number of rotatable bonds is 2. The van der Waals surface area contributed by atoms with Crippen molar-refractivity contribution >= 4 is 17.2 Å². The van der Waals surface area contributed by atoms with Gasteiger partial charge >= 0.3 is 0 Å². The maximum absolute atomic E-state index is 6.22. The Kier molecular flexibility index (Phi) is 2.65. The number of ether oxygens (including phenoxy) is 2. The second-order valence-corrected chi connectivity index (χ2v) is 5.59. The van der Waals surface area contributed by atoms with Gasteiger partial charge < -0.3 is 15.2 Å². The molecule has 0 atom stereocenters. The average molecular weight is 299 g/mol. The van der Waals surface area contributed by atoms with Gasteiger partial charge in [-0.25, -0.2) is 0 Å². The Labute approximate surface area is 125 Å². The van der Waals surface area contributed by atoms with E-state index in [1.54, 1.807) is 16.0 Å². The van der Waals surface area contributed by atoms with Gasteiger partial charge in [-0.2, -0.15) is 16.4 Å². The van der Waals surface area contributed by atoms with Crippen LogP contribution in [0.1, 0.15) is 0 Å². The monoisotopic (exact) mass is 299 g/mol. The summed E-state index contributed by atoms with van der Waals surface area (Å²) >= 11 is 1.64. The first-order valence-electron chi connectivity index (χ1n) is 6.49. The molecule has 1 aliphatic heterocycles. The van der Waals surface area contributed by atoms with Gasteiger partial charge in [-0.05, 0) is 29.1 Å². The van der Waals surface area contributed by atoms with Crippen LogP contribution in [0.3, 0.4) is 0 Å². The number of benzene rings is 1. The number of thiophene rings is 1. The summed E-state index contributed by atoms with van der Waals surface area (Å²) in [7, 11) is 1.85. The molecule has 2 aromatic heterocycles. The maximum atomic E-state index is 6.22. The largest absolute Gasteiger partial charge is 0.454 e. The highest BCUT2D eigenvalue weighted by Crippen LogP contribution is 2.41. The van der Waals surface area contributed by atoms with E-state index in [0.29, 0.717) is 5.82 Å². The molecule has 0 aliphatic carbocycles. The number of nitrogens with two attached hydrogens (primary N) is 1. The second kappa shape index (κ2) is 4.53. The van der Waals surface area contributed by atoms with Crippen LogP contribution >= 0.6 is 11.3 Å². The van der Waals surface area contributed by atoms with Crippen LogP contribution in [0.2, 0.25) is 0 Å². The highest BCUT2D eigenvalue weighted by atomic mass is 32.1. The van der Waals surface area contributed by atoms with Crippen molar-refractivity contribution in [3.05, 3.63) is 35.0 Å². The van der Waals surface area contributed by atoms with Crippen LogP contribution in [0.15, 0.2) is 35.0 Å². The van der Waals surface area contributed by atoms with E-state index < -0.39 is 0 Å². The molecule has 4 rings (SSSR count). The molecule has 0 radical (unpaired) electrons. The van der Waals surface area contributed by atoms with Crippen molar-refractivity contribution < 1.29 is 9.47 Å². The molecule has 3 aromatic rings. The molecule has 0 fully saturated rings. The van der Waals surface area contributed by atoms with Gasteiger partial charge in [0.2, 0.25) is 6.79 Å². The van der Waals surface area contributed by atoms with E-state index in [0.717, 1.165) is 33.9 Å². The lowest BCUT2D eigenvalue weighted by Gasteiger charge is -2.05. The number of nitrogen functional groups attached to an aromatic ring is 1. The van der Waals surface area contributed by atoms with Crippen molar-refractivity contribution in [2.24, 2.45) is 7.05 Å². The van der Waals surface area contributed by atoms with Crippen molar-refractivity contribution in [3.63, 3.8) is 0 Å². The van der Waals surface area contributed by atoms with Gasteiger partial charge in [-0.15, -0.1) is 0 Å². The Morgan fingerprint density at radius 3 is 2.86 bits per heavy atom. The molecule has 0 unspecified atom stereocenters. The Bertz CT molecular complexity index is 809. The molecule has 0 saturated heterocycles.